The Labute approximate surface area is 94.6 Å². The molecule has 0 rings (SSSR count). The molecule has 0 aliphatic heterocycles. The lowest BCUT2D eigenvalue weighted by Crippen LogP contribution is -2.48. The Balaban J connectivity index is 3.95. The lowest BCUT2D eigenvalue weighted by atomic mass is 10.1. The van der Waals surface area contributed by atoms with Crippen molar-refractivity contribution in [2.75, 3.05) is 27.2 Å². The maximum Gasteiger partial charge on any atom is 0.390 e. The van der Waals surface area contributed by atoms with E-state index in [1.807, 2.05) is 0 Å². The second-order valence-electron chi connectivity index (χ2n) is 4.84. The second-order valence-corrected chi connectivity index (χ2v) is 4.84. The molecule has 3 nitrogen and oxygen atoms in total. The van der Waals surface area contributed by atoms with Crippen molar-refractivity contribution in [3.63, 3.8) is 0 Å². The van der Waals surface area contributed by atoms with Crippen molar-refractivity contribution in [2.24, 2.45) is 0 Å². The Morgan fingerprint density at radius 1 is 1.31 bits per heavy atom. The van der Waals surface area contributed by atoms with Crippen LogP contribution in [0.3, 0.4) is 0 Å². The van der Waals surface area contributed by atoms with Crippen LogP contribution in [-0.2, 0) is 0 Å². The van der Waals surface area contributed by atoms with E-state index in [9.17, 15) is 18.3 Å². The molecule has 0 aliphatic carbocycles. The summed E-state index contributed by atoms with van der Waals surface area (Å²) in [5.74, 6) is 0. The van der Waals surface area contributed by atoms with Gasteiger partial charge >= 0.3 is 6.18 Å². The molecule has 6 heteroatoms. The van der Waals surface area contributed by atoms with Crippen LogP contribution in [0.15, 0.2) is 0 Å². The van der Waals surface area contributed by atoms with E-state index >= 15 is 0 Å². The predicted molar refractivity (Wildman–Crippen MR) is 57.3 cm³/mol. The number of likely N-dealkylation sites (N-methyl/N-ethyl adjacent to an activating group) is 1. The number of halogens is 3. The fraction of sp³-hybridized carbons (Fsp3) is 1.00. The first-order chi connectivity index (χ1) is 7.02. The minimum atomic E-state index is -4.17. The van der Waals surface area contributed by atoms with Gasteiger partial charge in [-0.2, -0.15) is 13.2 Å². The van der Waals surface area contributed by atoms with E-state index in [-0.39, 0.29) is 6.54 Å². The Hall–Kier alpha value is -0.330. The average molecular weight is 242 g/mol. The Bertz CT molecular complexity index is 205. The average Bonchev–Trinajstić information content (AvgIpc) is 1.95. The number of alkyl halides is 3. The molecule has 2 atom stereocenters. The molecule has 0 fully saturated rings. The van der Waals surface area contributed by atoms with Crippen molar-refractivity contribution in [1.29, 1.82) is 0 Å². The Morgan fingerprint density at radius 3 is 2.19 bits per heavy atom. The van der Waals surface area contributed by atoms with Crippen LogP contribution in [-0.4, -0.2) is 55.0 Å². The number of hydrogen-bond acceptors (Lipinski definition) is 3. The van der Waals surface area contributed by atoms with E-state index in [2.05, 4.69) is 5.32 Å². The summed E-state index contributed by atoms with van der Waals surface area (Å²) in [7, 11) is 3.60. The fourth-order valence-electron chi connectivity index (χ4n) is 1.55. The molecule has 0 aromatic heterocycles. The zero-order valence-electron chi connectivity index (χ0n) is 10.2. The molecule has 0 amide bonds. The molecular weight excluding hydrogens is 221 g/mol. The summed E-state index contributed by atoms with van der Waals surface area (Å²) in [6.07, 6.45) is -5.05. The minimum Gasteiger partial charge on any atom is -0.388 e. The molecule has 98 valence electrons. The summed E-state index contributed by atoms with van der Waals surface area (Å²) in [6, 6.07) is -0.686. The summed E-state index contributed by atoms with van der Waals surface area (Å²) >= 11 is 0. The molecule has 0 heterocycles. The van der Waals surface area contributed by atoms with E-state index in [4.69, 9.17) is 0 Å². The zero-order valence-corrected chi connectivity index (χ0v) is 10.2. The van der Waals surface area contributed by atoms with Crippen LogP contribution in [0.1, 0.15) is 20.3 Å². The van der Waals surface area contributed by atoms with Gasteiger partial charge < -0.3 is 15.3 Å². The first kappa shape index (κ1) is 15.7. The Morgan fingerprint density at radius 2 is 1.81 bits per heavy atom. The third kappa shape index (κ3) is 8.94. The highest BCUT2D eigenvalue weighted by Gasteiger charge is 2.31. The maximum absolute atomic E-state index is 12.0. The van der Waals surface area contributed by atoms with Gasteiger partial charge in [0, 0.05) is 19.1 Å². The van der Waals surface area contributed by atoms with Crippen molar-refractivity contribution in [1.82, 2.24) is 10.2 Å². The molecule has 0 bridgehead atoms. The van der Waals surface area contributed by atoms with Gasteiger partial charge in [0.2, 0.25) is 0 Å². The second kappa shape index (κ2) is 5.84. The lowest BCUT2D eigenvalue weighted by Gasteiger charge is -2.29. The van der Waals surface area contributed by atoms with Crippen molar-refractivity contribution in [2.45, 2.75) is 38.1 Å². The maximum atomic E-state index is 12.0. The fourth-order valence-corrected chi connectivity index (χ4v) is 1.55. The highest BCUT2D eigenvalue weighted by molar-refractivity contribution is 4.80. The zero-order chi connectivity index (χ0) is 13.0. The van der Waals surface area contributed by atoms with Crippen LogP contribution in [0.2, 0.25) is 0 Å². The third-order valence-electron chi connectivity index (χ3n) is 2.03. The van der Waals surface area contributed by atoms with E-state index in [1.165, 1.54) is 6.92 Å². The van der Waals surface area contributed by atoms with Crippen molar-refractivity contribution >= 4 is 0 Å². The van der Waals surface area contributed by atoms with Gasteiger partial charge in [-0.3, -0.25) is 0 Å². The van der Waals surface area contributed by atoms with Crippen molar-refractivity contribution in [3.8, 4) is 0 Å². The topological polar surface area (TPSA) is 35.5 Å². The van der Waals surface area contributed by atoms with Gasteiger partial charge in [-0.05, 0) is 27.9 Å². The normalized spacial score (nSPS) is 18.6. The highest BCUT2D eigenvalue weighted by Crippen LogP contribution is 2.21. The number of nitrogens with zero attached hydrogens (tertiary/aromatic N) is 1. The van der Waals surface area contributed by atoms with Crippen LogP contribution in [0.25, 0.3) is 0 Å². The van der Waals surface area contributed by atoms with Crippen LogP contribution >= 0.6 is 0 Å². The number of rotatable bonds is 6. The van der Waals surface area contributed by atoms with Gasteiger partial charge in [-0.25, -0.2) is 0 Å². The van der Waals surface area contributed by atoms with E-state index in [1.54, 1.807) is 25.9 Å². The predicted octanol–water partition coefficient (Wildman–Crippen LogP) is 1.23. The van der Waals surface area contributed by atoms with Crippen LogP contribution in [0, 0.1) is 0 Å². The summed E-state index contributed by atoms with van der Waals surface area (Å²) in [5, 5.41) is 12.5. The first-order valence-corrected chi connectivity index (χ1v) is 5.19. The standard InChI is InChI=1S/C10H21F3N2O/c1-8(5-10(11,12)13)14-6-9(2,16)7-15(3)4/h8,14,16H,5-7H2,1-4H3. The summed E-state index contributed by atoms with van der Waals surface area (Å²) in [6.45, 7) is 3.60. The van der Waals surface area contributed by atoms with Gasteiger partial charge in [0.15, 0.2) is 0 Å². The Kier molecular flexibility index (Phi) is 5.72. The number of nitrogens with one attached hydrogen (secondary N) is 1. The largest absolute Gasteiger partial charge is 0.390 e. The van der Waals surface area contributed by atoms with E-state index in [0.717, 1.165) is 0 Å². The van der Waals surface area contributed by atoms with Crippen LogP contribution < -0.4 is 5.32 Å². The van der Waals surface area contributed by atoms with Crippen molar-refractivity contribution in [3.05, 3.63) is 0 Å². The monoisotopic (exact) mass is 242 g/mol. The molecule has 0 aromatic carbocycles. The molecule has 0 saturated carbocycles. The number of aliphatic hydroxyl groups is 1. The molecule has 2 unspecified atom stereocenters. The quantitative estimate of drug-likeness (QED) is 0.735. The van der Waals surface area contributed by atoms with Gasteiger partial charge in [-0.15, -0.1) is 0 Å². The molecule has 16 heavy (non-hydrogen) atoms. The van der Waals surface area contributed by atoms with Crippen LogP contribution in [0.4, 0.5) is 13.2 Å². The summed E-state index contributed by atoms with van der Waals surface area (Å²) < 4.78 is 36.1. The van der Waals surface area contributed by atoms with E-state index in [0.29, 0.717) is 6.54 Å². The molecular formula is C10H21F3N2O. The van der Waals surface area contributed by atoms with Gasteiger partial charge in [0.25, 0.3) is 0 Å². The first-order valence-electron chi connectivity index (χ1n) is 5.19. The summed E-state index contributed by atoms with van der Waals surface area (Å²) in [4.78, 5) is 1.79. The van der Waals surface area contributed by atoms with E-state index < -0.39 is 24.2 Å². The smallest absolute Gasteiger partial charge is 0.388 e. The van der Waals surface area contributed by atoms with Gasteiger partial charge in [-0.1, -0.05) is 0 Å². The molecule has 2 N–H and O–H groups in total. The SMILES string of the molecule is CC(CC(F)(F)F)NCC(C)(O)CN(C)C. The molecule has 0 saturated heterocycles. The summed E-state index contributed by atoms with van der Waals surface area (Å²) in [5.41, 5.74) is -1.02. The number of hydrogen-bond donors (Lipinski definition) is 2. The van der Waals surface area contributed by atoms with Gasteiger partial charge in [0.1, 0.15) is 0 Å². The van der Waals surface area contributed by atoms with Crippen LogP contribution in [0.5, 0.6) is 0 Å². The molecule has 0 aliphatic rings. The van der Waals surface area contributed by atoms with Gasteiger partial charge in [0.05, 0.1) is 12.0 Å². The minimum absolute atomic E-state index is 0.141. The molecule has 0 radical (unpaired) electrons. The van der Waals surface area contributed by atoms with Crippen molar-refractivity contribution < 1.29 is 18.3 Å². The molecule has 0 spiro atoms. The lowest BCUT2D eigenvalue weighted by molar-refractivity contribution is -0.139. The molecule has 0 aromatic rings. The highest BCUT2D eigenvalue weighted by atomic mass is 19.4. The third-order valence-corrected chi connectivity index (χ3v) is 2.03.